The fraction of sp³-hybridized carbons (Fsp3) is 0.952. The number of rotatable bonds is 1. The molecule has 2 heteroatoms. The fourth-order valence-electron chi connectivity index (χ4n) is 6.62. The van der Waals surface area contributed by atoms with Crippen molar-refractivity contribution in [2.75, 3.05) is 0 Å². The normalized spacial score (nSPS) is 48.3. The van der Waals surface area contributed by atoms with Crippen molar-refractivity contribution in [3.8, 4) is 0 Å². The molecule has 0 unspecified atom stereocenters. The van der Waals surface area contributed by atoms with Crippen molar-refractivity contribution in [3.63, 3.8) is 0 Å². The lowest BCUT2D eigenvalue weighted by Crippen LogP contribution is -2.43. The van der Waals surface area contributed by atoms with Crippen molar-refractivity contribution in [2.24, 2.45) is 35.0 Å². The zero-order chi connectivity index (χ0) is 16.6. The molecule has 0 aromatic rings. The summed E-state index contributed by atoms with van der Waals surface area (Å²) in [7, 11) is 0. The first-order chi connectivity index (χ1) is 10.9. The number of aliphatic hydroxyl groups excluding tert-OH is 1. The second kappa shape index (κ2) is 6.86. The number of aliphatic hydroxyl groups is 1. The maximum atomic E-state index is 12.1. The van der Waals surface area contributed by atoms with E-state index in [2.05, 4.69) is 13.8 Å². The van der Waals surface area contributed by atoms with Gasteiger partial charge in [-0.1, -0.05) is 33.1 Å². The smallest absolute Gasteiger partial charge is 0.133 e. The predicted octanol–water partition coefficient (Wildman–Crippen LogP) is 4.99. The third kappa shape index (κ3) is 3.38. The minimum atomic E-state index is -0.0796. The van der Waals surface area contributed by atoms with Gasteiger partial charge in [0, 0.05) is 5.92 Å². The molecule has 0 aliphatic heterocycles. The molecule has 0 radical (unpaired) electrons. The molecule has 3 rings (SSSR count). The van der Waals surface area contributed by atoms with Gasteiger partial charge in [0.1, 0.15) is 5.78 Å². The SMILES string of the molecule is CC(=O)[C@H]1CC[C@H]2[C@@H]3CC[C@H](C)C[C@H](O)CCC[C@H]3CC[C@]12C. The zero-order valence-corrected chi connectivity index (χ0v) is 15.4. The van der Waals surface area contributed by atoms with Crippen molar-refractivity contribution in [3.05, 3.63) is 0 Å². The van der Waals surface area contributed by atoms with Crippen molar-refractivity contribution < 1.29 is 9.90 Å². The Morgan fingerprint density at radius 1 is 1.04 bits per heavy atom. The van der Waals surface area contributed by atoms with Crippen molar-refractivity contribution >= 4 is 5.78 Å². The average Bonchev–Trinajstić information content (AvgIpc) is 2.83. The van der Waals surface area contributed by atoms with Gasteiger partial charge in [-0.15, -0.1) is 0 Å². The summed E-state index contributed by atoms with van der Waals surface area (Å²) in [5, 5.41) is 10.1. The Labute approximate surface area is 142 Å². The molecule has 0 amide bonds. The summed E-state index contributed by atoms with van der Waals surface area (Å²) < 4.78 is 0. The van der Waals surface area contributed by atoms with E-state index in [1.807, 2.05) is 6.92 Å². The summed E-state index contributed by atoms with van der Waals surface area (Å²) >= 11 is 0. The van der Waals surface area contributed by atoms with E-state index in [0.717, 1.165) is 37.0 Å². The van der Waals surface area contributed by atoms with Crippen LogP contribution >= 0.6 is 0 Å². The molecular weight excluding hydrogens is 284 g/mol. The van der Waals surface area contributed by atoms with Gasteiger partial charge >= 0.3 is 0 Å². The topological polar surface area (TPSA) is 37.3 Å². The van der Waals surface area contributed by atoms with E-state index >= 15 is 0 Å². The molecule has 0 aromatic heterocycles. The van der Waals surface area contributed by atoms with Crippen LogP contribution in [0, 0.1) is 35.0 Å². The summed E-state index contributed by atoms with van der Waals surface area (Å²) in [6.45, 7) is 6.56. The number of fused-ring (bicyclic) bond motifs is 3. The molecule has 0 spiro atoms. The highest BCUT2D eigenvalue weighted by molar-refractivity contribution is 5.79. The molecule has 0 bridgehead atoms. The molecule has 0 heterocycles. The van der Waals surface area contributed by atoms with Crippen molar-refractivity contribution in [1.82, 2.24) is 0 Å². The first kappa shape index (κ1) is 17.5. The lowest BCUT2D eigenvalue weighted by atomic mass is 9.55. The van der Waals surface area contributed by atoms with E-state index in [1.165, 1.54) is 44.9 Å². The van der Waals surface area contributed by atoms with Crippen LogP contribution in [0.25, 0.3) is 0 Å². The third-order valence-electron chi connectivity index (χ3n) is 7.86. The van der Waals surface area contributed by atoms with E-state index in [-0.39, 0.29) is 11.5 Å². The Morgan fingerprint density at radius 2 is 1.83 bits per heavy atom. The maximum Gasteiger partial charge on any atom is 0.133 e. The van der Waals surface area contributed by atoms with Gasteiger partial charge in [0.25, 0.3) is 0 Å². The summed E-state index contributed by atoms with van der Waals surface area (Å²) in [6.07, 6.45) is 11.9. The Bertz CT molecular complexity index is 432. The van der Waals surface area contributed by atoms with E-state index in [4.69, 9.17) is 0 Å². The second-order valence-electron chi connectivity index (χ2n) is 9.32. The Hall–Kier alpha value is -0.370. The lowest BCUT2D eigenvalue weighted by molar-refractivity contribution is -0.126. The van der Waals surface area contributed by atoms with E-state index in [0.29, 0.717) is 17.6 Å². The van der Waals surface area contributed by atoms with E-state index in [9.17, 15) is 9.90 Å². The number of Topliss-reactive ketones (excluding diaryl/α,β-unsaturated/α-hetero) is 1. The van der Waals surface area contributed by atoms with Crippen LogP contribution in [0.3, 0.4) is 0 Å². The van der Waals surface area contributed by atoms with Gasteiger partial charge in [-0.05, 0) is 81.0 Å². The van der Waals surface area contributed by atoms with E-state index in [1.54, 1.807) is 0 Å². The number of carbonyl (C=O) groups excluding carboxylic acids is 1. The van der Waals surface area contributed by atoms with Gasteiger partial charge in [-0.3, -0.25) is 4.79 Å². The summed E-state index contributed by atoms with van der Waals surface area (Å²) in [6, 6.07) is 0. The summed E-state index contributed by atoms with van der Waals surface area (Å²) in [4.78, 5) is 12.1. The largest absolute Gasteiger partial charge is 0.393 e. The highest BCUT2D eigenvalue weighted by atomic mass is 16.3. The zero-order valence-electron chi connectivity index (χ0n) is 15.4. The van der Waals surface area contributed by atoms with Crippen LogP contribution in [0.5, 0.6) is 0 Å². The molecule has 0 aromatic carbocycles. The van der Waals surface area contributed by atoms with Crippen LogP contribution in [-0.2, 0) is 4.79 Å². The van der Waals surface area contributed by atoms with Gasteiger partial charge < -0.3 is 5.11 Å². The quantitative estimate of drug-likeness (QED) is 0.739. The van der Waals surface area contributed by atoms with Gasteiger partial charge in [0.15, 0.2) is 0 Å². The van der Waals surface area contributed by atoms with Gasteiger partial charge in [-0.25, -0.2) is 0 Å². The molecule has 2 nitrogen and oxygen atoms in total. The Morgan fingerprint density at radius 3 is 2.57 bits per heavy atom. The van der Waals surface area contributed by atoms with Crippen molar-refractivity contribution in [1.29, 1.82) is 0 Å². The van der Waals surface area contributed by atoms with Crippen LogP contribution in [0.15, 0.2) is 0 Å². The first-order valence-electron chi connectivity index (χ1n) is 10.1. The molecular formula is C21H36O2. The standard InChI is InChI=1S/C21H36O2/c1-14-7-8-18-16(5-4-6-17(23)13-14)11-12-21(3)19(15(2)22)9-10-20(18)21/h14,16-20,23H,4-13H2,1-3H3/t14-,16-,17+,18+,19+,20-,21+/m0/s1. The molecule has 3 aliphatic rings. The second-order valence-corrected chi connectivity index (χ2v) is 9.32. The first-order valence-corrected chi connectivity index (χ1v) is 10.1. The predicted molar refractivity (Wildman–Crippen MR) is 94.1 cm³/mol. The Kier molecular flexibility index (Phi) is 5.21. The number of ketones is 1. The maximum absolute atomic E-state index is 12.1. The minimum Gasteiger partial charge on any atom is -0.393 e. The van der Waals surface area contributed by atoms with Gasteiger partial charge in [-0.2, -0.15) is 0 Å². The third-order valence-corrected chi connectivity index (χ3v) is 7.86. The molecule has 0 saturated heterocycles. The highest BCUT2D eigenvalue weighted by Crippen LogP contribution is 2.60. The molecule has 1 N–H and O–H groups in total. The van der Waals surface area contributed by atoms with Crippen LogP contribution in [0.2, 0.25) is 0 Å². The molecule has 7 atom stereocenters. The Balaban J connectivity index is 1.77. The van der Waals surface area contributed by atoms with Crippen molar-refractivity contribution in [2.45, 2.75) is 91.1 Å². The van der Waals surface area contributed by atoms with Gasteiger partial charge in [0.05, 0.1) is 6.10 Å². The average molecular weight is 321 g/mol. The molecule has 3 aliphatic carbocycles. The van der Waals surface area contributed by atoms with E-state index < -0.39 is 0 Å². The number of hydrogen-bond acceptors (Lipinski definition) is 2. The monoisotopic (exact) mass is 320 g/mol. The minimum absolute atomic E-state index is 0.0796. The summed E-state index contributed by atoms with van der Waals surface area (Å²) in [5.41, 5.74) is 0.278. The molecule has 132 valence electrons. The molecule has 3 saturated carbocycles. The number of carbonyl (C=O) groups is 1. The van der Waals surface area contributed by atoms with Crippen LogP contribution in [0.1, 0.15) is 85.0 Å². The summed E-state index contributed by atoms with van der Waals surface area (Å²) in [5.74, 6) is 3.84. The number of hydrogen-bond donors (Lipinski definition) is 1. The highest BCUT2D eigenvalue weighted by Gasteiger charge is 2.54. The fourth-order valence-corrected chi connectivity index (χ4v) is 6.62. The lowest BCUT2D eigenvalue weighted by Gasteiger charge is -2.49. The molecule has 3 fully saturated rings. The van der Waals surface area contributed by atoms with Crippen LogP contribution < -0.4 is 0 Å². The molecule has 23 heavy (non-hydrogen) atoms. The van der Waals surface area contributed by atoms with Crippen LogP contribution in [-0.4, -0.2) is 17.0 Å². The van der Waals surface area contributed by atoms with Gasteiger partial charge in [0.2, 0.25) is 0 Å². The van der Waals surface area contributed by atoms with Crippen LogP contribution in [0.4, 0.5) is 0 Å².